The highest BCUT2D eigenvalue weighted by Crippen LogP contribution is 2.67. The Kier molecular flexibility index (Phi) is 3.74. The quantitative estimate of drug-likeness (QED) is 0.659. The Hall–Kier alpha value is 0.0500. The summed E-state index contributed by atoms with van der Waals surface area (Å²) in [7, 11) is 0. The number of rotatable bonds is 2. The van der Waals surface area contributed by atoms with Crippen molar-refractivity contribution < 1.29 is 5.11 Å². The molecule has 4 fully saturated rings. The molecule has 7 atom stereocenters. The number of hydrogen-bond donors (Lipinski definition) is 1. The Balaban J connectivity index is 1.42. The predicted molar refractivity (Wildman–Crippen MR) is 102 cm³/mol. The molecule has 0 heterocycles. The maximum absolute atomic E-state index is 10.1. The first-order chi connectivity index (χ1) is 11.5. The fraction of sp³-hybridized carbons (Fsp3) is 0.909. The first-order valence-electron chi connectivity index (χ1n) is 10.5. The Morgan fingerprint density at radius 1 is 1.00 bits per heavy atom. The van der Waals surface area contributed by atoms with Crippen LogP contribution >= 0.6 is 11.8 Å². The number of thioether (sulfide) groups is 1. The summed E-state index contributed by atoms with van der Waals surface area (Å²) in [4.78, 5) is 0. The molecule has 0 amide bonds. The van der Waals surface area contributed by atoms with E-state index in [1.807, 2.05) is 0 Å². The summed E-state index contributed by atoms with van der Waals surface area (Å²) in [6, 6.07) is 0. The minimum atomic E-state index is -0.0689. The van der Waals surface area contributed by atoms with Crippen LogP contribution in [0.1, 0.15) is 78.1 Å². The largest absolute Gasteiger partial charge is 0.393 e. The van der Waals surface area contributed by atoms with E-state index in [4.69, 9.17) is 0 Å². The highest BCUT2D eigenvalue weighted by Gasteiger charge is 2.59. The minimum absolute atomic E-state index is 0.0689. The van der Waals surface area contributed by atoms with Crippen molar-refractivity contribution in [1.29, 1.82) is 0 Å². The van der Waals surface area contributed by atoms with E-state index in [9.17, 15) is 5.11 Å². The zero-order valence-corrected chi connectivity index (χ0v) is 16.3. The molecule has 0 radical (unpaired) electrons. The zero-order chi connectivity index (χ0) is 16.5. The minimum Gasteiger partial charge on any atom is -0.393 e. The Bertz CT molecular complexity index is 552. The molecule has 0 aromatic rings. The summed E-state index contributed by atoms with van der Waals surface area (Å²) in [5, 5.41) is 12.1. The summed E-state index contributed by atoms with van der Waals surface area (Å²) in [6.07, 6.45) is 15.9. The van der Waals surface area contributed by atoms with Gasteiger partial charge in [0.05, 0.1) is 6.10 Å². The van der Waals surface area contributed by atoms with E-state index in [1.54, 1.807) is 5.57 Å². The van der Waals surface area contributed by atoms with Gasteiger partial charge in [-0.05, 0) is 92.8 Å². The average Bonchev–Trinajstić information content (AvgIpc) is 3.31. The molecule has 1 N–H and O–H groups in total. The first kappa shape index (κ1) is 16.2. The van der Waals surface area contributed by atoms with Gasteiger partial charge in [-0.25, -0.2) is 0 Å². The fourth-order valence-corrected chi connectivity index (χ4v) is 9.00. The highest BCUT2D eigenvalue weighted by molar-refractivity contribution is 8.00. The van der Waals surface area contributed by atoms with E-state index in [0.29, 0.717) is 10.8 Å². The third kappa shape index (κ3) is 2.31. The molecule has 0 aromatic carbocycles. The molecule has 0 spiro atoms. The lowest BCUT2D eigenvalue weighted by Crippen LogP contribution is -2.50. The van der Waals surface area contributed by atoms with Crippen molar-refractivity contribution in [3.8, 4) is 0 Å². The Labute approximate surface area is 152 Å². The van der Waals surface area contributed by atoms with Gasteiger partial charge in [0.25, 0.3) is 0 Å². The van der Waals surface area contributed by atoms with Crippen molar-refractivity contribution in [2.45, 2.75) is 94.7 Å². The van der Waals surface area contributed by atoms with E-state index < -0.39 is 0 Å². The summed E-state index contributed by atoms with van der Waals surface area (Å²) >= 11 is 2.37. The summed E-state index contributed by atoms with van der Waals surface area (Å²) in [5.41, 5.74) is 2.64. The molecule has 134 valence electrons. The Morgan fingerprint density at radius 2 is 1.83 bits per heavy atom. The van der Waals surface area contributed by atoms with Crippen LogP contribution in [0.3, 0.4) is 0 Å². The molecule has 5 aliphatic carbocycles. The lowest BCUT2D eigenvalue weighted by Gasteiger charge is -2.58. The van der Waals surface area contributed by atoms with Gasteiger partial charge >= 0.3 is 0 Å². The average molecular weight is 347 g/mol. The van der Waals surface area contributed by atoms with Gasteiger partial charge in [0.1, 0.15) is 0 Å². The van der Waals surface area contributed by atoms with Gasteiger partial charge in [-0.3, -0.25) is 0 Å². The molecule has 0 unspecified atom stereocenters. The van der Waals surface area contributed by atoms with Gasteiger partial charge in [0.2, 0.25) is 0 Å². The van der Waals surface area contributed by atoms with Crippen LogP contribution in [0.4, 0.5) is 0 Å². The molecule has 0 aliphatic heterocycles. The van der Waals surface area contributed by atoms with Crippen molar-refractivity contribution in [3.63, 3.8) is 0 Å². The molecule has 24 heavy (non-hydrogen) atoms. The molecule has 0 saturated heterocycles. The number of aliphatic hydroxyl groups excluding tert-OH is 1. The Morgan fingerprint density at radius 3 is 2.62 bits per heavy atom. The van der Waals surface area contributed by atoms with Crippen LogP contribution in [-0.4, -0.2) is 21.7 Å². The normalized spacial score (nSPS) is 53.8. The maximum Gasteiger partial charge on any atom is 0.0577 e. The van der Waals surface area contributed by atoms with Gasteiger partial charge in [-0.15, -0.1) is 0 Å². The second-order valence-electron chi connectivity index (χ2n) is 10.1. The third-order valence-corrected chi connectivity index (χ3v) is 10.8. The molecule has 1 nitrogen and oxygen atoms in total. The van der Waals surface area contributed by atoms with E-state index in [1.165, 1.54) is 51.4 Å². The molecule has 2 heteroatoms. The van der Waals surface area contributed by atoms with E-state index in [-0.39, 0.29) is 6.10 Å². The van der Waals surface area contributed by atoms with Crippen LogP contribution in [0.2, 0.25) is 0 Å². The third-order valence-electron chi connectivity index (χ3n) is 8.87. The smallest absolute Gasteiger partial charge is 0.0577 e. The number of hydrogen-bond acceptors (Lipinski definition) is 2. The first-order valence-corrected chi connectivity index (χ1v) is 11.5. The van der Waals surface area contributed by atoms with Crippen LogP contribution in [0.5, 0.6) is 0 Å². The topological polar surface area (TPSA) is 20.2 Å². The lowest BCUT2D eigenvalue weighted by molar-refractivity contribution is -0.0346. The van der Waals surface area contributed by atoms with Crippen LogP contribution in [0, 0.1) is 28.6 Å². The molecule has 0 aromatic heterocycles. The maximum atomic E-state index is 10.1. The zero-order valence-electron chi connectivity index (χ0n) is 15.5. The second kappa shape index (κ2) is 5.52. The summed E-state index contributed by atoms with van der Waals surface area (Å²) < 4.78 is 0. The monoisotopic (exact) mass is 346 g/mol. The molecular formula is C22H34OS. The van der Waals surface area contributed by atoms with Crippen LogP contribution < -0.4 is 0 Å². The number of aliphatic hydroxyl groups is 1. The number of allylic oxidation sites excluding steroid dienone is 1. The van der Waals surface area contributed by atoms with E-state index in [2.05, 4.69) is 31.7 Å². The van der Waals surface area contributed by atoms with Crippen LogP contribution in [0.25, 0.3) is 0 Å². The summed E-state index contributed by atoms with van der Waals surface area (Å²) in [5.74, 6) is 2.79. The van der Waals surface area contributed by atoms with Crippen LogP contribution in [0.15, 0.2) is 11.6 Å². The second-order valence-corrected chi connectivity index (χ2v) is 11.6. The molecule has 0 bridgehead atoms. The number of fused-ring (bicyclic) bond motifs is 5. The SMILES string of the molecule is C[C@]12CC[C@H]3[C@@H](CC=C4C[C@@H](O)CC[C@@]43C)[C@@H]1CC[C@@H]2SC1CC1. The van der Waals surface area contributed by atoms with Gasteiger partial charge in [-0.2, -0.15) is 11.8 Å². The van der Waals surface area contributed by atoms with Crippen molar-refractivity contribution in [2.24, 2.45) is 28.6 Å². The van der Waals surface area contributed by atoms with E-state index in [0.717, 1.165) is 41.1 Å². The van der Waals surface area contributed by atoms with Gasteiger partial charge in [0.15, 0.2) is 0 Å². The molecule has 4 saturated carbocycles. The van der Waals surface area contributed by atoms with Crippen molar-refractivity contribution in [1.82, 2.24) is 0 Å². The predicted octanol–water partition coefficient (Wildman–Crippen LogP) is 5.57. The van der Waals surface area contributed by atoms with Crippen LogP contribution in [-0.2, 0) is 0 Å². The fourth-order valence-electron chi connectivity index (χ4n) is 7.25. The van der Waals surface area contributed by atoms with Gasteiger partial charge in [0, 0.05) is 10.5 Å². The lowest BCUT2D eigenvalue weighted by atomic mass is 9.48. The van der Waals surface area contributed by atoms with Gasteiger partial charge < -0.3 is 5.11 Å². The highest BCUT2D eigenvalue weighted by atomic mass is 32.2. The van der Waals surface area contributed by atoms with Crippen molar-refractivity contribution >= 4 is 11.8 Å². The summed E-state index contributed by atoms with van der Waals surface area (Å²) in [6.45, 7) is 5.21. The van der Waals surface area contributed by atoms with Crippen molar-refractivity contribution in [2.75, 3.05) is 0 Å². The van der Waals surface area contributed by atoms with E-state index >= 15 is 0 Å². The van der Waals surface area contributed by atoms with Gasteiger partial charge in [-0.1, -0.05) is 25.5 Å². The molecule has 5 aliphatic rings. The molecule has 5 rings (SSSR count). The van der Waals surface area contributed by atoms with Crippen molar-refractivity contribution in [3.05, 3.63) is 11.6 Å². The molecular weight excluding hydrogens is 312 g/mol. The standard InChI is InChI=1S/C22H34OS/c1-21-11-9-15(23)13-14(21)3-6-17-18-7-8-20(24-16-4-5-16)22(18,2)12-10-19(17)21/h3,15-20,23H,4-13H2,1-2H3/t15-,17-,18-,19-,20-,21-,22-/m0/s1.